The fourth-order valence-electron chi connectivity index (χ4n) is 2.99. The zero-order valence-corrected chi connectivity index (χ0v) is 11.4. The van der Waals surface area contributed by atoms with Crippen LogP contribution in [0.1, 0.15) is 24.6 Å². The van der Waals surface area contributed by atoms with E-state index in [0.717, 1.165) is 36.5 Å². The van der Waals surface area contributed by atoms with Crippen molar-refractivity contribution >= 4 is 11.5 Å². The fraction of sp³-hybridized carbons (Fsp3) is 0.267. The Hall–Kier alpha value is -2.63. The normalized spacial score (nSPS) is 18.5. The van der Waals surface area contributed by atoms with E-state index in [1.807, 2.05) is 24.4 Å². The van der Waals surface area contributed by atoms with Crippen molar-refractivity contribution in [3.05, 3.63) is 58.8 Å². The van der Waals surface area contributed by atoms with E-state index in [-0.39, 0.29) is 11.6 Å². The Morgan fingerprint density at radius 1 is 1.24 bits per heavy atom. The minimum Gasteiger partial charge on any atom is -0.348 e. The topological polar surface area (TPSA) is 66.3 Å². The lowest BCUT2D eigenvalue weighted by molar-refractivity contribution is 0.684. The molecule has 0 radical (unpaired) electrons. The van der Waals surface area contributed by atoms with Gasteiger partial charge in [0.1, 0.15) is 5.82 Å². The molecule has 3 aromatic heterocycles. The van der Waals surface area contributed by atoms with Crippen LogP contribution < -0.4 is 10.5 Å². The highest BCUT2D eigenvalue weighted by molar-refractivity contribution is 5.49. The van der Waals surface area contributed by atoms with Gasteiger partial charge < -0.3 is 9.88 Å². The van der Waals surface area contributed by atoms with E-state index in [1.54, 1.807) is 22.8 Å². The average Bonchev–Trinajstić information content (AvgIpc) is 3.15. The lowest BCUT2D eigenvalue weighted by Gasteiger charge is -2.25. The maximum absolute atomic E-state index is 11.5. The van der Waals surface area contributed by atoms with Gasteiger partial charge in [-0.15, -0.1) is 0 Å². The molecule has 1 aliphatic rings. The molecule has 1 unspecified atom stereocenters. The van der Waals surface area contributed by atoms with Crippen LogP contribution in [-0.2, 0) is 0 Å². The van der Waals surface area contributed by atoms with Crippen LogP contribution in [0.25, 0.3) is 5.65 Å². The van der Waals surface area contributed by atoms with Crippen LogP contribution in [0.15, 0.2) is 47.5 Å². The number of hydrogen-bond acceptors (Lipinski definition) is 4. The second-order valence-electron chi connectivity index (χ2n) is 5.24. The molecule has 106 valence electrons. The Bertz CT molecular complexity index is 837. The summed E-state index contributed by atoms with van der Waals surface area (Å²) in [5, 5.41) is 4.16. The first-order valence-electron chi connectivity index (χ1n) is 7.07. The van der Waals surface area contributed by atoms with E-state index in [0.29, 0.717) is 0 Å². The molecule has 0 aliphatic carbocycles. The summed E-state index contributed by atoms with van der Waals surface area (Å²) in [5.74, 6) is 0.926. The SMILES string of the molecule is O=c1cccc(C2CCCN2c2ccn3nccc3n2)[nH]1. The molecule has 0 saturated carbocycles. The molecule has 0 aromatic carbocycles. The van der Waals surface area contributed by atoms with Gasteiger partial charge in [0, 0.05) is 30.6 Å². The van der Waals surface area contributed by atoms with Gasteiger partial charge in [-0.3, -0.25) is 4.79 Å². The van der Waals surface area contributed by atoms with Crippen molar-refractivity contribution in [1.82, 2.24) is 19.6 Å². The number of aromatic amines is 1. The van der Waals surface area contributed by atoms with E-state index >= 15 is 0 Å². The standard InChI is InChI=1S/C15H15N5O/c21-15-5-1-3-11(17-15)12-4-2-9-19(12)13-7-10-20-14(18-13)6-8-16-20/h1,3,5-8,10,12H,2,4,9H2,(H,17,21). The first-order valence-corrected chi connectivity index (χ1v) is 7.07. The molecule has 3 aromatic rings. The van der Waals surface area contributed by atoms with Crippen molar-refractivity contribution in [3.63, 3.8) is 0 Å². The Labute approximate surface area is 121 Å². The molecule has 6 nitrogen and oxygen atoms in total. The van der Waals surface area contributed by atoms with Crippen LogP contribution in [0.2, 0.25) is 0 Å². The molecule has 6 heteroatoms. The number of anilines is 1. The van der Waals surface area contributed by atoms with Gasteiger partial charge in [-0.1, -0.05) is 6.07 Å². The van der Waals surface area contributed by atoms with Crippen molar-refractivity contribution in [1.29, 1.82) is 0 Å². The van der Waals surface area contributed by atoms with Gasteiger partial charge in [-0.05, 0) is 25.0 Å². The number of nitrogens with zero attached hydrogens (tertiary/aromatic N) is 4. The molecule has 1 N–H and O–H groups in total. The number of fused-ring (bicyclic) bond motifs is 1. The summed E-state index contributed by atoms with van der Waals surface area (Å²) in [6.07, 6.45) is 5.77. The minimum atomic E-state index is -0.0569. The maximum Gasteiger partial charge on any atom is 0.248 e. The fourth-order valence-corrected chi connectivity index (χ4v) is 2.99. The highest BCUT2D eigenvalue weighted by Crippen LogP contribution is 2.33. The second-order valence-corrected chi connectivity index (χ2v) is 5.24. The predicted molar refractivity (Wildman–Crippen MR) is 79.4 cm³/mol. The Morgan fingerprint density at radius 2 is 2.19 bits per heavy atom. The number of nitrogens with one attached hydrogen (secondary N) is 1. The van der Waals surface area contributed by atoms with Gasteiger partial charge in [-0.25, -0.2) is 9.50 Å². The van der Waals surface area contributed by atoms with Crippen LogP contribution in [-0.4, -0.2) is 26.1 Å². The summed E-state index contributed by atoms with van der Waals surface area (Å²) >= 11 is 0. The Kier molecular flexibility index (Phi) is 2.73. The first kappa shape index (κ1) is 12.1. The summed E-state index contributed by atoms with van der Waals surface area (Å²) < 4.78 is 1.75. The number of H-pyrrole nitrogens is 1. The molecule has 0 amide bonds. The molecule has 0 bridgehead atoms. The Morgan fingerprint density at radius 3 is 3.10 bits per heavy atom. The lowest BCUT2D eigenvalue weighted by Crippen LogP contribution is -2.25. The van der Waals surface area contributed by atoms with E-state index in [4.69, 9.17) is 0 Å². The second kappa shape index (κ2) is 4.73. The van der Waals surface area contributed by atoms with Crippen molar-refractivity contribution in [2.24, 2.45) is 0 Å². The van der Waals surface area contributed by atoms with Crippen molar-refractivity contribution in [3.8, 4) is 0 Å². The number of aromatic nitrogens is 4. The van der Waals surface area contributed by atoms with Gasteiger partial charge in [-0.2, -0.15) is 5.10 Å². The van der Waals surface area contributed by atoms with E-state index in [2.05, 4.69) is 20.0 Å². The minimum absolute atomic E-state index is 0.0569. The third-order valence-corrected chi connectivity index (χ3v) is 3.94. The molecule has 0 spiro atoms. The van der Waals surface area contributed by atoms with Gasteiger partial charge in [0.05, 0.1) is 12.2 Å². The van der Waals surface area contributed by atoms with E-state index < -0.39 is 0 Å². The number of rotatable bonds is 2. The average molecular weight is 281 g/mol. The van der Waals surface area contributed by atoms with Crippen molar-refractivity contribution in [2.45, 2.75) is 18.9 Å². The first-order chi connectivity index (χ1) is 10.3. The molecule has 1 saturated heterocycles. The molecular formula is C15H15N5O. The molecular weight excluding hydrogens is 266 g/mol. The van der Waals surface area contributed by atoms with E-state index in [1.165, 1.54) is 0 Å². The predicted octanol–water partition coefficient (Wildman–Crippen LogP) is 1.76. The summed E-state index contributed by atoms with van der Waals surface area (Å²) in [7, 11) is 0. The van der Waals surface area contributed by atoms with Crippen molar-refractivity contribution < 1.29 is 0 Å². The van der Waals surface area contributed by atoms with Crippen LogP contribution >= 0.6 is 0 Å². The third kappa shape index (κ3) is 2.08. The Balaban J connectivity index is 1.74. The van der Waals surface area contributed by atoms with Crippen molar-refractivity contribution in [2.75, 3.05) is 11.4 Å². The zero-order valence-electron chi connectivity index (χ0n) is 11.4. The highest BCUT2D eigenvalue weighted by Gasteiger charge is 2.27. The maximum atomic E-state index is 11.5. The largest absolute Gasteiger partial charge is 0.348 e. The summed E-state index contributed by atoms with van der Waals surface area (Å²) in [4.78, 5) is 21.4. The summed E-state index contributed by atoms with van der Waals surface area (Å²) in [6, 6.07) is 9.36. The van der Waals surface area contributed by atoms with E-state index in [9.17, 15) is 4.79 Å². The van der Waals surface area contributed by atoms with Gasteiger partial charge in [0.2, 0.25) is 5.56 Å². The van der Waals surface area contributed by atoms with Crippen LogP contribution in [0, 0.1) is 0 Å². The van der Waals surface area contributed by atoms with Crippen LogP contribution in [0.4, 0.5) is 5.82 Å². The zero-order chi connectivity index (χ0) is 14.2. The molecule has 1 aliphatic heterocycles. The monoisotopic (exact) mass is 281 g/mol. The van der Waals surface area contributed by atoms with Crippen LogP contribution in [0.5, 0.6) is 0 Å². The molecule has 1 atom stereocenters. The summed E-state index contributed by atoms with van der Waals surface area (Å²) in [5.41, 5.74) is 1.73. The third-order valence-electron chi connectivity index (χ3n) is 3.94. The highest BCUT2D eigenvalue weighted by atomic mass is 16.1. The molecule has 1 fully saturated rings. The van der Waals surface area contributed by atoms with Crippen LogP contribution in [0.3, 0.4) is 0 Å². The smallest absolute Gasteiger partial charge is 0.248 e. The number of hydrogen-bond donors (Lipinski definition) is 1. The summed E-state index contributed by atoms with van der Waals surface area (Å²) in [6.45, 7) is 0.943. The quantitative estimate of drug-likeness (QED) is 0.777. The number of pyridine rings is 1. The molecule has 21 heavy (non-hydrogen) atoms. The molecule has 4 rings (SSSR count). The van der Waals surface area contributed by atoms with Gasteiger partial charge in [0.15, 0.2) is 5.65 Å². The van der Waals surface area contributed by atoms with Gasteiger partial charge in [0.25, 0.3) is 0 Å². The lowest BCUT2D eigenvalue weighted by atomic mass is 10.1. The molecule has 4 heterocycles. The van der Waals surface area contributed by atoms with Gasteiger partial charge >= 0.3 is 0 Å².